The average molecular weight is 883 g/mol. The number of hydrogen-bond donors (Lipinski definition) is 0. The summed E-state index contributed by atoms with van der Waals surface area (Å²) in [6, 6.07) is 49.0. The molecule has 266 valence electrons. The van der Waals surface area contributed by atoms with Crippen LogP contribution in [0.25, 0.3) is 68.0 Å². The van der Waals surface area contributed by atoms with Crippen LogP contribution < -0.4 is 15.4 Å². The summed E-state index contributed by atoms with van der Waals surface area (Å²) in [5, 5.41) is 4.20. The molecule has 0 bridgehead atoms. The van der Waals surface area contributed by atoms with Crippen molar-refractivity contribution in [3.05, 3.63) is 156 Å². The molecule has 9 rings (SSSR count). The first-order valence-corrected chi connectivity index (χ1v) is 18.0. The molecule has 8 aromatic rings. The first kappa shape index (κ1) is 35.4. The molecule has 0 spiro atoms. The second-order valence-electron chi connectivity index (χ2n) is 14.7. The zero-order valence-electron chi connectivity index (χ0n) is 30.8. The molecule has 0 N–H and O–H groups in total. The minimum atomic E-state index is -0.0167. The number of benzene rings is 5. The normalized spacial score (nSPS) is 12.6. The topological polar surface area (TPSA) is 48.1 Å². The fourth-order valence-corrected chi connectivity index (χ4v) is 7.24. The number of nitrogens with zero attached hydrogens (tertiary/aromatic N) is 5. The molecular formula is C46H38BN5OPt. The molecule has 0 aliphatic carbocycles. The van der Waals surface area contributed by atoms with E-state index in [2.05, 4.69) is 164 Å². The van der Waals surface area contributed by atoms with E-state index in [9.17, 15) is 0 Å². The fourth-order valence-electron chi connectivity index (χ4n) is 7.24. The summed E-state index contributed by atoms with van der Waals surface area (Å²) in [5.74, 6) is 5.04. The van der Waals surface area contributed by atoms with E-state index in [0.29, 0.717) is 11.5 Å². The zero-order chi connectivity index (χ0) is 36.3. The molecule has 3 aromatic heterocycles. The molecule has 4 heterocycles. The summed E-state index contributed by atoms with van der Waals surface area (Å²) < 4.78 is 11.0. The van der Waals surface area contributed by atoms with Gasteiger partial charge in [-0.1, -0.05) is 112 Å². The molecule has 54 heavy (non-hydrogen) atoms. The van der Waals surface area contributed by atoms with Crippen molar-refractivity contribution in [1.82, 2.24) is 23.9 Å². The van der Waals surface area contributed by atoms with Crippen LogP contribution in [0.1, 0.15) is 26.3 Å². The number of imidazole rings is 1. The second-order valence-corrected chi connectivity index (χ2v) is 14.7. The number of pyridine rings is 1. The zero-order valence-corrected chi connectivity index (χ0v) is 33.1. The van der Waals surface area contributed by atoms with Crippen LogP contribution in [0.2, 0.25) is 6.82 Å². The van der Waals surface area contributed by atoms with Gasteiger partial charge in [-0.25, -0.2) is 4.98 Å². The van der Waals surface area contributed by atoms with Crippen LogP contribution in [-0.4, -0.2) is 37.8 Å². The quantitative estimate of drug-likeness (QED) is 0.124. The van der Waals surface area contributed by atoms with E-state index < -0.39 is 0 Å². The van der Waals surface area contributed by atoms with Crippen molar-refractivity contribution in [2.24, 2.45) is 0 Å². The monoisotopic (exact) mass is 882 g/mol. The number of rotatable bonds is 6. The van der Waals surface area contributed by atoms with E-state index in [-0.39, 0.29) is 33.3 Å². The maximum absolute atomic E-state index is 6.58. The van der Waals surface area contributed by atoms with Gasteiger partial charge in [-0.3, -0.25) is 4.98 Å². The van der Waals surface area contributed by atoms with Crippen molar-refractivity contribution in [1.29, 1.82) is 0 Å². The maximum atomic E-state index is 6.58. The van der Waals surface area contributed by atoms with Gasteiger partial charge in [0.2, 0.25) is 0 Å². The van der Waals surface area contributed by atoms with Gasteiger partial charge in [-0.2, -0.15) is 6.07 Å². The minimum absolute atomic E-state index is 0. The third kappa shape index (κ3) is 6.27. The van der Waals surface area contributed by atoms with Crippen LogP contribution >= 0.6 is 0 Å². The summed E-state index contributed by atoms with van der Waals surface area (Å²) in [7, 11) is 2.11. The van der Waals surface area contributed by atoms with Crippen molar-refractivity contribution in [3.8, 4) is 45.5 Å². The average Bonchev–Trinajstić information content (AvgIpc) is 3.70. The predicted octanol–water partition coefficient (Wildman–Crippen LogP) is 9.01. The van der Waals surface area contributed by atoms with E-state index in [1.54, 1.807) is 0 Å². The van der Waals surface area contributed by atoms with E-state index in [1.165, 1.54) is 5.56 Å². The Labute approximate surface area is 330 Å². The molecule has 0 atom stereocenters. The largest absolute Gasteiger partial charge is 2.00 e. The molecular weight excluding hydrogens is 844 g/mol. The molecule has 8 heteroatoms. The number of ether oxygens (including phenoxy) is 1. The van der Waals surface area contributed by atoms with Crippen LogP contribution in [-0.2, 0) is 26.5 Å². The first-order valence-electron chi connectivity index (χ1n) is 18.0. The van der Waals surface area contributed by atoms with Crippen molar-refractivity contribution < 1.29 is 25.8 Å². The van der Waals surface area contributed by atoms with E-state index in [0.717, 1.165) is 66.5 Å². The summed E-state index contributed by atoms with van der Waals surface area (Å²) in [6.45, 7) is 9.06. The number of para-hydroxylation sites is 2. The second kappa shape index (κ2) is 14.0. The van der Waals surface area contributed by atoms with Crippen molar-refractivity contribution in [3.63, 3.8) is 0 Å². The Bertz CT molecular complexity index is 2800. The summed E-state index contributed by atoms with van der Waals surface area (Å²) >= 11 is 0. The first-order chi connectivity index (χ1) is 25.7. The maximum Gasteiger partial charge on any atom is 2.00 e. The van der Waals surface area contributed by atoms with Crippen molar-refractivity contribution >= 4 is 40.8 Å². The van der Waals surface area contributed by atoms with Gasteiger partial charge in [-0.15, -0.1) is 41.3 Å². The molecule has 0 unspecified atom stereocenters. The third-order valence-corrected chi connectivity index (χ3v) is 10.2. The number of aromatic nitrogens is 4. The molecule has 1 aliphatic rings. The van der Waals surface area contributed by atoms with E-state index in [4.69, 9.17) is 14.7 Å². The minimum Gasteiger partial charge on any atom is -0.503 e. The SMILES string of the molecule is CB1C=c2nc(-c3[c-]c(Oc4[c-]c5c(cc4)c4ccccc4n5-c4cc(C(C)(C)C)ccn4)ccc3)n(-c3ccccc3-c3ccccc3)c2=CN1C.[Pt+2]. The predicted molar refractivity (Wildman–Crippen MR) is 217 cm³/mol. The fraction of sp³-hybridized carbons (Fsp3) is 0.130. The molecule has 0 saturated heterocycles. The van der Waals surface area contributed by atoms with Crippen LogP contribution in [0.4, 0.5) is 0 Å². The van der Waals surface area contributed by atoms with Gasteiger partial charge in [0, 0.05) is 40.7 Å². The Hall–Kier alpha value is -5.65. The van der Waals surface area contributed by atoms with Crippen LogP contribution in [0, 0.1) is 12.1 Å². The Morgan fingerprint density at radius 1 is 0.741 bits per heavy atom. The Morgan fingerprint density at radius 2 is 1.50 bits per heavy atom. The standard InChI is InChI=1S/C46H38BN5O.Pt/c1-46(2,3)33-24-25-48-44(27-33)51-41-21-12-10-19-37(41)38-23-22-35(28-42(38)51)53-34-17-13-16-32(26-34)45-49-39-29-47(4)50(5)30-43(39)52(45)40-20-11-9-18-36(40)31-14-7-6-8-15-31;/h6-25,27,29-30H,1-5H3;/q-2;+2. The van der Waals surface area contributed by atoms with Gasteiger partial charge in [0.1, 0.15) is 5.82 Å². The van der Waals surface area contributed by atoms with Gasteiger partial charge >= 0.3 is 21.1 Å². The van der Waals surface area contributed by atoms with Crippen LogP contribution in [0.5, 0.6) is 11.5 Å². The Kier molecular flexibility index (Phi) is 9.15. The van der Waals surface area contributed by atoms with Crippen LogP contribution in [0.15, 0.2) is 128 Å². The molecule has 1 aliphatic heterocycles. The smallest absolute Gasteiger partial charge is 0.503 e. The molecule has 0 saturated carbocycles. The summed E-state index contributed by atoms with van der Waals surface area (Å²) in [5.41, 5.74) is 7.32. The Morgan fingerprint density at radius 3 is 2.33 bits per heavy atom. The Balaban J connectivity index is 0.00000413. The van der Waals surface area contributed by atoms with Gasteiger partial charge in [0.25, 0.3) is 6.85 Å². The molecule has 0 fully saturated rings. The molecule has 0 radical (unpaired) electrons. The summed E-state index contributed by atoms with van der Waals surface area (Å²) in [6.07, 6.45) is 4.08. The molecule has 5 aromatic carbocycles. The van der Waals surface area contributed by atoms with Crippen LogP contribution in [0.3, 0.4) is 0 Å². The van der Waals surface area contributed by atoms with Gasteiger partial charge in [-0.05, 0) is 53.2 Å². The van der Waals surface area contributed by atoms with E-state index >= 15 is 0 Å². The number of hydrogen-bond acceptors (Lipinski definition) is 4. The molecule has 0 amide bonds. The van der Waals surface area contributed by atoms with Crippen molar-refractivity contribution in [2.45, 2.75) is 33.0 Å². The molecule has 6 nitrogen and oxygen atoms in total. The van der Waals surface area contributed by atoms with Gasteiger partial charge < -0.3 is 18.7 Å². The van der Waals surface area contributed by atoms with Gasteiger partial charge in [0.05, 0.1) is 16.5 Å². The van der Waals surface area contributed by atoms with Crippen molar-refractivity contribution in [2.75, 3.05) is 7.05 Å². The number of fused-ring (bicyclic) bond motifs is 4. The van der Waals surface area contributed by atoms with E-state index in [1.807, 2.05) is 36.5 Å². The summed E-state index contributed by atoms with van der Waals surface area (Å²) in [4.78, 5) is 12.3. The van der Waals surface area contributed by atoms with Gasteiger partial charge in [0.15, 0.2) is 0 Å². The third-order valence-electron chi connectivity index (χ3n) is 10.2.